The fourth-order valence-corrected chi connectivity index (χ4v) is 10.4. The van der Waals surface area contributed by atoms with Gasteiger partial charge < -0.3 is 19.5 Å². The van der Waals surface area contributed by atoms with Crippen LogP contribution in [0.2, 0.25) is 0 Å². The fourth-order valence-electron chi connectivity index (χ4n) is 10.4. The lowest BCUT2D eigenvalue weighted by atomic mass is 9.63. The lowest BCUT2D eigenvalue weighted by Gasteiger charge is -2.38. The van der Waals surface area contributed by atoms with Crippen LogP contribution in [0, 0.1) is 11.8 Å². The van der Waals surface area contributed by atoms with E-state index >= 15 is 4.79 Å². The lowest BCUT2D eigenvalue weighted by molar-refractivity contribution is -0.146. The van der Waals surface area contributed by atoms with E-state index in [0.29, 0.717) is 36.5 Å². The van der Waals surface area contributed by atoms with Crippen molar-refractivity contribution in [1.29, 1.82) is 0 Å². The maximum atomic E-state index is 15.6. The summed E-state index contributed by atoms with van der Waals surface area (Å²) >= 11 is 0. The van der Waals surface area contributed by atoms with Crippen molar-refractivity contribution in [1.82, 2.24) is 15.0 Å². The molecule has 0 radical (unpaired) electrons. The summed E-state index contributed by atoms with van der Waals surface area (Å²) in [6, 6.07) is 45.4. The Morgan fingerprint density at radius 2 is 1.57 bits per heavy atom. The molecule has 6 aromatic carbocycles. The minimum Gasteiger partial charge on any atom is -0.497 e. The Bertz CT molecular complexity index is 2780. The highest BCUT2D eigenvalue weighted by molar-refractivity contribution is 6.28. The van der Waals surface area contributed by atoms with Crippen molar-refractivity contribution in [3.8, 4) is 5.75 Å². The van der Waals surface area contributed by atoms with E-state index in [0.717, 1.165) is 50.2 Å². The number of ether oxygens (including phenoxy) is 2. The number of anilines is 3. The largest absolute Gasteiger partial charge is 0.497 e. The van der Waals surface area contributed by atoms with Gasteiger partial charge in [0.15, 0.2) is 5.60 Å². The summed E-state index contributed by atoms with van der Waals surface area (Å²) in [5, 5.41) is 21.8. The molecule has 7 aromatic rings. The van der Waals surface area contributed by atoms with Crippen LogP contribution in [-0.2, 0) is 33.6 Å². The average molecular weight is 810 g/mol. The number of aryl methyl sites for hydroxylation is 1. The second-order valence-electron chi connectivity index (χ2n) is 17.1. The van der Waals surface area contributed by atoms with Gasteiger partial charge in [-0.3, -0.25) is 19.2 Å². The van der Waals surface area contributed by atoms with Gasteiger partial charge in [0.1, 0.15) is 17.5 Å². The highest BCUT2D eigenvalue weighted by atomic mass is 16.5. The standard InChI is InChI=1S/C51H47N5O5/c1-32-46(50(2,3)36-21-24-38(60-4)25-22-36)44(27-28-54-31-41(52-53-54)47(57)35-15-9-6-10-16-35)61-51(32)40-29-37(23-26-42(40)55(49(51)59)30-33-13-7-5-8-14-33)56-43-20-12-18-34-17-11-19-39(45(34)43)48(56)58/h5-26,29,31-32,44,46-47,57H,27-28,30H2,1-4H3/t32-,44+,46-,47+,51+/m0/s1. The van der Waals surface area contributed by atoms with Crippen LogP contribution >= 0.6 is 0 Å². The van der Waals surface area contributed by atoms with Crippen molar-refractivity contribution in [3.05, 3.63) is 179 Å². The number of amides is 2. The van der Waals surface area contributed by atoms with Crippen LogP contribution < -0.4 is 14.5 Å². The lowest BCUT2D eigenvalue weighted by Crippen LogP contribution is -2.45. The number of carbonyl (C=O) groups is 2. The molecule has 10 nitrogen and oxygen atoms in total. The molecule has 1 saturated heterocycles. The smallest absolute Gasteiger partial charge is 0.264 e. The molecule has 4 heterocycles. The maximum absolute atomic E-state index is 15.6. The summed E-state index contributed by atoms with van der Waals surface area (Å²) in [5.41, 5.74) is 5.10. The topological polar surface area (TPSA) is 110 Å². The second kappa shape index (κ2) is 14.8. The number of aliphatic hydroxyl groups is 1. The number of hydrogen-bond donors (Lipinski definition) is 1. The van der Waals surface area contributed by atoms with Crippen LogP contribution in [0.4, 0.5) is 17.1 Å². The summed E-state index contributed by atoms with van der Waals surface area (Å²) in [6.07, 6.45) is 0.971. The Kier molecular flexibility index (Phi) is 9.38. The first-order valence-electron chi connectivity index (χ1n) is 20.9. The highest BCUT2D eigenvalue weighted by Gasteiger charge is 2.66. The van der Waals surface area contributed by atoms with Crippen LogP contribution in [0.3, 0.4) is 0 Å². The molecule has 5 atom stereocenters. The van der Waals surface area contributed by atoms with Crippen LogP contribution in [-0.4, -0.2) is 45.1 Å². The van der Waals surface area contributed by atoms with Crippen molar-refractivity contribution >= 4 is 39.6 Å². The summed E-state index contributed by atoms with van der Waals surface area (Å²) < 4.78 is 14.8. The molecule has 1 fully saturated rings. The second-order valence-corrected chi connectivity index (χ2v) is 17.1. The number of methoxy groups -OCH3 is 1. The van der Waals surface area contributed by atoms with Gasteiger partial charge >= 0.3 is 0 Å². The molecule has 3 aliphatic heterocycles. The molecule has 306 valence electrons. The quantitative estimate of drug-likeness (QED) is 0.139. The minimum atomic E-state index is -1.38. The monoisotopic (exact) mass is 809 g/mol. The van der Waals surface area contributed by atoms with E-state index in [9.17, 15) is 9.90 Å². The highest BCUT2D eigenvalue weighted by Crippen LogP contribution is 2.61. The molecule has 0 aliphatic carbocycles. The van der Waals surface area contributed by atoms with E-state index in [1.54, 1.807) is 22.9 Å². The first kappa shape index (κ1) is 38.6. The molecule has 1 aromatic heterocycles. The van der Waals surface area contributed by atoms with Crippen LogP contribution in [0.1, 0.15) is 71.6 Å². The number of carbonyl (C=O) groups excluding carboxylic acids is 2. The fraction of sp³-hybridized carbons (Fsp3) is 0.255. The maximum Gasteiger partial charge on any atom is 0.264 e. The number of aliphatic hydroxyl groups excluding tert-OH is 1. The molecule has 10 heteroatoms. The Morgan fingerprint density at radius 3 is 2.31 bits per heavy atom. The van der Waals surface area contributed by atoms with Gasteiger partial charge in [-0.05, 0) is 76.4 Å². The van der Waals surface area contributed by atoms with Gasteiger partial charge in [0.2, 0.25) is 0 Å². The van der Waals surface area contributed by atoms with E-state index in [1.807, 2.05) is 132 Å². The van der Waals surface area contributed by atoms with E-state index in [2.05, 4.69) is 43.2 Å². The normalized spacial score (nSPS) is 21.2. The van der Waals surface area contributed by atoms with E-state index in [1.165, 1.54) is 0 Å². The SMILES string of the molecule is COc1ccc(C(C)(C)[C@@H]2[C@@H](CCn3cc([C@H](O)c4ccccc4)nn3)O[C@]3(C(=O)N(Cc4ccccc4)c4ccc(N5C(=O)c6cccc7cccc5c67)cc43)[C@H]2C)cc1. The molecule has 0 saturated carbocycles. The van der Waals surface area contributed by atoms with E-state index in [-0.39, 0.29) is 23.7 Å². The summed E-state index contributed by atoms with van der Waals surface area (Å²) in [7, 11) is 1.66. The van der Waals surface area contributed by atoms with Crippen molar-refractivity contribution in [2.75, 3.05) is 16.9 Å². The Balaban J connectivity index is 1.08. The predicted molar refractivity (Wildman–Crippen MR) is 235 cm³/mol. The number of aromatic nitrogens is 3. The zero-order chi connectivity index (χ0) is 42.0. The van der Waals surface area contributed by atoms with Gasteiger partial charge in [0.25, 0.3) is 11.8 Å². The number of hydrogen-bond acceptors (Lipinski definition) is 7. The Morgan fingerprint density at radius 1 is 0.852 bits per heavy atom. The van der Waals surface area contributed by atoms with Crippen molar-refractivity contribution in [3.63, 3.8) is 0 Å². The molecule has 3 aliphatic rings. The molecule has 1 N–H and O–H groups in total. The summed E-state index contributed by atoms with van der Waals surface area (Å²) in [4.78, 5) is 33.5. The van der Waals surface area contributed by atoms with Crippen LogP contribution in [0.25, 0.3) is 10.8 Å². The number of nitrogens with zero attached hydrogens (tertiary/aromatic N) is 5. The van der Waals surface area contributed by atoms with E-state index in [4.69, 9.17) is 9.47 Å². The number of benzene rings is 6. The Labute approximate surface area is 355 Å². The zero-order valence-corrected chi connectivity index (χ0v) is 34.6. The molecule has 0 bridgehead atoms. The van der Waals surface area contributed by atoms with Gasteiger partial charge in [-0.1, -0.05) is 123 Å². The van der Waals surface area contributed by atoms with Gasteiger partial charge in [0.05, 0.1) is 42.9 Å². The van der Waals surface area contributed by atoms with Crippen LogP contribution in [0.15, 0.2) is 146 Å². The molecular formula is C51H47N5O5. The van der Waals surface area contributed by atoms with Crippen molar-refractivity contribution < 1.29 is 24.2 Å². The van der Waals surface area contributed by atoms with Gasteiger partial charge in [-0.2, -0.15) is 0 Å². The van der Waals surface area contributed by atoms with Crippen molar-refractivity contribution in [2.45, 2.75) is 63.5 Å². The molecule has 0 unspecified atom stereocenters. The van der Waals surface area contributed by atoms with Crippen LogP contribution in [0.5, 0.6) is 5.75 Å². The summed E-state index contributed by atoms with van der Waals surface area (Å²) in [5.74, 6) is 0.0513. The van der Waals surface area contributed by atoms with Gasteiger partial charge in [-0.15, -0.1) is 5.10 Å². The zero-order valence-electron chi connectivity index (χ0n) is 34.6. The Hall–Kier alpha value is -6.62. The molecular weight excluding hydrogens is 763 g/mol. The molecule has 61 heavy (non-hydrogen) atoms. The minimum absolute atomic E-state index is 0.104. The van der Waals surface area contributed by atoms with Gasteiger partial charge in [0, 0.05) is 35.0 Å². The average Bonchev–Trinajstić information content (AvgIpc) is 4.03. The third kappa shape index (κ3) is 6.15. The van der Waals surface area contributed by atoms with Gasteiger partial charge in [-0.25, -0.2) is 0 Å². The third-order valence-electron chi connectivity index (χ3n) is 13.4. The molecule has 2 amide bonds. The number of rotatable bonds is 11. The first-order valence-corrected chi connectivity index (χ1v) is 20.9. The predicted octanol–water partition coefficient (Wildman–Crippen LogP) is 9.27. The summed E-state index contributed by atoms with van der Waals surface area (Å²) in [6.45, 7) is 7.41. The molecule has 10 rings (SSSR count). The first-order chi connectivity index (χ1) is 29.6. The third-order valence-corrected chi connectivity index (χ3v) is 13.4. The van der Waals surface area contributed by atoms with E-state index < -0.39 is 23.2 Å². The molecule has 1 spiro atoms. The van der Waals surface area contributed by atoms with Crippen molar-refractivity contribution in [2.24, 2.45) is 11.8 Å². The number of fused-ring (bicyclic) bond motifs is 2.